The van der Waals surface area contributed by atoms with Crippen molar-refractivity contribution in [2.24, 2.45) is 0 Å². The number of carbonyl (C=O) groups is 3. The summed E-state index contributed by atoms with van der Waals surface area (Å²) < 4.78 is 13.9. The topological polar surface area (TPSA) is 77.5 Å². The molecule has 0 N–H and O–H groups in total. The van der Waals surface area contributed by atoms with Crippen molar-refractivity contribution in [2.45, 2.75) is 16.6 Å². The van der Waals surface area contributed by atoms with Gasteiger partial charge in [0.15, 0.2) is 0 Å². The molecule has 2 aromatic rings. The number of amides is 2. The normalized spacial score (nSPS) is 17.4. The number of rotatable bonds is 4. The van der Waals surface area contributed by atoms with Gasteiger partial charge in [-0.25, -0.2) is 9.29 Å². The van der Waals surface area contributed by atoms with Crippen LogP contribution < -0.4 is 10.0 Å². The van der Waals surface area contributed by atoms with Crippen LogP contribution in [0, 0.1) is 5.82 Å². The van der Waals surface area contributed by atoms with Gasteiger partial charge in [-0.15, -0.1) is 11.8 Å². The van der Waals surface area contributed by atoms with E-state index in [-0.39, 0.29) is 17.7 Å². The number of anilines is 1. The number of carboxylic acid groups (broad SMARTS) is 1. The van der Waals surface area contributed by atoms with E-state index in [0.29, 0.717) is 4.90 Å². The third-order valence-electron chi connectivity index (χ3n) is 3.57. The number of thioether (sulfide) groups is 1. The highest BCUT2D eigenvalue weighted by Crippen LogP contribution is 2.35. The predicted octanol–water partition coefficient (Wildman–Crippen LogP) is 1.61. The highest BCUT2D eigenvalue weighted by Gasteiger charge is 2.41. The third kappa shape index (κ3) is 2.90. The molecule has 1 unspecified atom stereocenters. The number of halogens is 1. The van der Waals surface area contributed by atoms with Crippen LogP contribution in [0.1, 0.15) is 16.8 Å². The molecule has 7 heteroatoms. The number of carbonyl (C=O) groups excluding carboxylic acids is 3. The summed E-state index contributed by atoms with van der Waals surface area (Å²) >= 11 is 0.967. The number of carboxylic acids is 1. The van der Waals surface area contributed by atoms with Crippen molar-refractivity contribution < 1.29 is 23.9 Å². The van der Waals surface area contributed by atoms with E-state index in [0.717, 1.165) is 16.7 Å². The first-order valence-corrected chi connectivity index (χ1v) is 7.95. The second-order valence-corrected chi connectivity index (χ2v) is 6.36. The zero-order valence-corrected chi connectivity index (χ0v) is 13.1. The molecule has 1 atom stereocenters. The minimum Gasteiger partial charge on any atom is -0.545 e. The summed E-state index contributed by atoms with van der Waals surface area (Å²) in [5, 5.41) is 10.3. The van der Waals surface area contributed by atoms with Crippen molar-refractivity contribution in [2.75, 3.05) is 4.90 Å². The van der Waals surface area contributed by atoms with E-state index in [2.05, 4.69) is 0 Å². The van der Waals surface area contributed by atoms with Crippen LogP contribution in [0.2, 0.25) is 0 Å². The summed E-state index contributed by atoms with van der Waals surface area (Å²) in [6, 6.07) is 11.6. The van der Waals surface area contributed by atoms with Gasteiger partial charge >= 0.3 is 0 Å². The Hall–Kier alpha value is -2.67. The van der Waals surface area contributed by atoms with E-state index in [1.54, 1.807) is 18.2 Å². The average Bonchev–Trinajstić information content (AvgIpc) is 2.82. The van der Waals surface area contributed by atoms with E-state index in [1.165, 1.54) is 30.3 Å². The molecule has 1 heterocycles. The molecule has 1 fully saturated rings. The third-order valence-corrected chi connectivity index (χ3v) is 4.84. The summed E-state index contributed by atoms with van der Waals surface area (Å²) in [7, 11) is 0. The lowest BCUT2D eigenvalue weighted by Gasteiger charge is -2.16. The smallest absolute Gasteiger partial charge is 0.247 e. The van der Waals surface area contributed by atoms with Gasteiger partial charge in [-0.3, -0.25) is 9.59 Å². The Balaban J connectivity index is 1.88. The first kappa shape index (κ1) is 16.2. The number of imide groups is 1. The molecule has 0 saturated carbocycles. The molecule has 0 bridgehead atoms. The second-order valence-electron chi connectivity index (χ2n) is 5.11. The van der Waals surface area contributed by atoms with Crippen LogP contribution in [0.15, 0.2) is 53.4 Å². The maximum atomic E-state index is 13.9. The van der Waals surface area contributed by atoms with Gasteiger partial charge in [0.1, 0.15) is 5.82 Å². The van der Waals surface area contributed by atoms with Crippen LogP contribution >= 0.6 is 11.8 Å². The van der Waals surface area contributed by atoms with E-state index in [4.69, 9.17) is 0 Å². The highest BCUT2D eigenvalue weighted by atomic mass is 32.2. The lowest BCUT2D eigenvalue weighted by Crippen LogP contribution is -2.32. The summed E-state index contributed by atoms with van der Waals surface area (Å²) in [6.45, 7) is 0. The average molecular weight is 344 g/mol. The molecule has 0 spiro atoms. The Morgan fingerprint density at radius 2 is 1.79 bits per heavy atom. The first-order valence-electron chi connectivity index (χ1n) is 7.07. The van der Waals surface area contributed by atoms with Crippen molar-refractivity contribution in [3.05, 3.63) is 59.9 Å². The fourth-order valence-electron chi connectivity index (χ4n) is 2.47. The zero-order chi connectivity index (χ0) is 17.3. The maximum Gasteiger partial charge on any atom is 0.247 e. The Kier molecular flexibility index (Phi) is 4.35. The van der Waals surface area contributed by atoms with E-state index in [1.807, 2.05) is 0 Å². The Bertz CT molecular complexity index is 839. The molecule has 1 aliphatic rings. The monoisotopic (exact) mass is 344 g/mol. The molecule has 2 aromatic carbocycles. The van der Waals surface area contributed by atoms with Crippen LogP contribution in [0.3, 0.4) is 0 Å². The minimum atomic E-state index is -1.36. The standard InChI is InChI=1S/C17H12FNO4S/c18-11-6-2-3-7-12(11)19-15(20)9-14(16(19)21)24-13-8-4-1-5-10(13)17(22)23/h1-8,14H,9H2,(H,22,23)/p-1. The summed E-state index contributed by atoms with van der Waals surface area (Å²) in [5.41, 5.74) is -0.143. The fraction of sp³-hybridized carbons (Fsp3) is 0.118. The van der Waals surface area contributed by atoms with E-state index >= 15 is 0 Å². The molecule has 1 aliphatic heterocycles. The number of benzene rings is 2. The molecule has 0 radical (unpaired) electrons. The van der Waals surface area contributed by atoms with Crippen LogP contribution in [0.5, 0.6) is 0 Å². The number of aromatic carboxylic acids is 1. The highest BCUT2D eigenvalue weighted by molar-refractivity contribution is 8.00. The van der Waals surface area contributed by atoms with Crippen molar-refractivity contribution in [3.63, 3.8) is 0 Å². The number of hydrogen-bond acceptors (Lipinski definition) is 5. The molecule has 1 saturated heterocycles. The fourth-order valence-corrected chi connectivity index (χ4v) is 3.65. The maximum absolute atomic E-state index is 13.9. The Morgan fingerprint density at radius 3 is 2.50 bits per heavy atom. The summed E-state index contributed by atoms with van der Waals surface area (Å²) in [4.78, 5) is 36.9. The predicted molar refractivity (Wildman–Crippen MR) is 83.9 cm³/mol. The molecule has 5 nitrogen and oxygen atoms in total. The van der Waals surface area contributed by atoms with Crippen LogP contribution in [-0.2, 0) is 9.59 Å². The molecule has 2 amide bonds. The summed E-state index contributed by atoms with van der Waals surface area (Å²) in [5.74, 6) is -3.11. The quantitative estimate of drug-likeness (QED) is 0.788. The minimum absolute atomic E-state index is 0.0490. The number of para-hydroxylation sites is 1. The number of nitrogens with zero attached hydrogens (tertiary/aromatic N) is 1. The first-order chi connectivity index (χ1) is 11.5. The molecule has 0 aromatic heterocycles. The van der Waals surface area contributed by atoms with Gasteiger partial charge in [-0.1, -0.05) is 30.3 Å². The molecule has 3 rings (SSSR count). The SMILES string of the molecule is O=C([O-])c1ccccc1SC1CC(=O)N(c2ccccc2F)C1=O. The molecule has 0 aliphatic carbocycles. The van der Waals surface area contributed by atoms with Crippen molar-refractivity contribution in [1.82, 2.24) is 0 Å². The van der Waals surface area contributed by atoms with Gasteiger partial charge in [-0.2, -0.15) is 0 Å². The lowest BCUT2D eigenvalue weighted by atomic mass is 10.2. The van der Waals surface area contributed by atoms with Crippen LogP contribution in [0.25, 0.3) is 0 Å². The molecule has 122 valence electrons. The van der Waals surface area contributed by atoms with Gasteiger partial charge < -0.3 is 9.90 Å². The van der Waals surface area contributed by atoms with Crippen LogP contribution in [0.4, 0.5) is 10.1 Å². The largest absolute Gasteiger partial charge is 0.545 e. The molecular weight excluding hydrogens is 333 g/mol. The second kappa shape index (κ2) is 6.45. The van der Waals surface area contributed by atoms with Crippen LogP contribution in [-0.4, -0.2) is 23.0 Å². The van der Waals surface area contributed by atoms with E-state index < -0.39 is 28.9 Å². The van der Waals surface area contributed by atoms with Gasteiger partial charge in [0.25, 0.3) is 0 Å². The van der Waals surface area contributed by atoms with Crippen molar-refractivity contribution in [1.29, 1.82) is 0 Å². The number of hydrogen-bond donors (Lipinski definition) is 0. The Labute approximate surface area is 141 Å². The molecule has 24 heavy (non-hydrogen) atoms. The van der Waals surface area contributed by atoms with Gasteiger partial charge in [0.2, 0.25) is 11.8 Å². The lowest BCUT2D eigenvalue weighted by molar-refractivity contribution is -0.255. The van der Waals surface area contributed by atoms with Gasteiger partial charge in [-0.05, 0) is 18.2 Å². The summed E-state index contributed by atoms with van der Waals surface area (Å²) in [6.07, 6.45) is -0.126. The van der Waals surface area contributed by atoms with E-state index in [9.17, 15) is 23.9 Å². The van der Waals surface area contributed by atoms with Crippen molar-refractivity contribution in [3.8, 4) is 0 Å². The van der Waals surface area contributed by atoms with Gasteiger partial charge in [0, 0.05) is 16.9 Å². The Morgan fingerprint density at radius 1 is 1.12 bits per heavy atom. The van der Waals surface area contributed by atoms with Gasteiger partial charge in [0.05, 0.1) is 16.9 Å². The molecular formula is C17H11FNO4S-. The van der Waals surface area contributed by atoms with Crippen molar-refractivity contribution >= 4 is 35.2 Å². The zero-order valence-electron chi connectivity index (χ0n) is 12.3.